The Hall–Kier alpha value is -1.65. The zero-order valence-electron chi connectivity index (χ0n) is 11.3. The van der Waals surface area contributed by atoms with Gasteiger partial charge in [-0.05, 0) is 39.0 Å². The number of nitrogens with one attached hydrogen (secondary N) is 1. The molecular formula is C14H13Cl2N3O. The maximum Gasteiger partial charge on any atom is 0.259 e. The van der Waals surface area contributed by atoms with Gasteiger partial charge >= 0.3 is 0 Å². The largest absolute Gasteiger partial charge is 0.321 e. The molecule has 0 atom stereocenters. The van der Waals surface area contributed by atoms with Crippen molar-refractivity contribution in [2.45, 2.75) is 20.8 Å². The molecule has 2 rings (SSSR count). The predicted octanol–water partition coefficient (Wildman–Crippen LogP) is 3.96. The fourth-order valence-electron chi connectivity index (χ4n) is 1.99. The maximum atomic E-state index is 12.3. The van der Waals surface area contributed by atoms with Gasteiger partial charge in [0.25, 0.3) is 5.91 Å². The molecule has 1 aromatic heterocycles. The van der Waals surface area contributed by atoms with Gasteiger partial charge in [-0.25, -0.2) is 9.97 Å². The first-order valence-corrected chi connectivity index (χ1v) is 6.72. The highest BCUT2D eigenvalue weighted by Crippen LogP contribution is 2.26. The van der Waals surface area contributed by atoms with Crippen LogP contribution in [-0.2, 0) is 0 Å². The molecule has 0 aliphatic carbocycles. The monoisotopic (exact) mass is 309 g/mol. The average molecular weight is 310 g/mol. The van der Waals surface area contributed by atoms with E-state index >= 15 is 0 Å². The van der Waals surface area contributed by atoms with E-state index in [2.05, 4.69) is 15.3 Å². The van der Waals surface area contributed by atoms with Crippen LogP contribution in [0.4, 0.5) is 5.69 Å². The van der Waals surface area contributed by atoms with E-state index in [-0.39, 0.29) is 5.91 Å². The minimum atomic E-state index is -0.288. The molecule has 0 aliphatic heterocycles. The Kier molecular flexibility index (Phi) is 4.26. The first kappa shape index (κ1) is 14.8. The van der Waals surface area contributed by atoms with Gasteiger partial charge in [0.1, 0.15) is 5.82 Å². The molecule has 1 aromatic carbocycles. The molecule has 1 heterocycles. The van der Waals surface area contributed by atoms with Gasteiger partial charge in [-0.15, -0.1) is 0 Å². The molecular weight excluding hydrogens is 297 g/mol. The van der Waals surface area contributed by atoms with E-state index in [1.165, 1.54) is 0 Å². The van der Waals surface area contributed by atoms with Crippen molar-refractivity contribution in [2.75, 3.05) is 5.32 Å². The Morgan fingerprint density at radius 1 is 1.10 bits per heavy atom. The Balaban J connectivity index is 2.33. The predicted molar refractivity (Wildman–Crippen MR) is 80.7 cm³/mol. The van der Waals surface area contributed by atoms with Crippen molar-refractivity contribution in [2.24, 2.45) is 0 Å². The standard InChI is InChI=1S/C14H13Cl2N3O/c1-7-13(8(2)18-9(3)17-7)14(20)19-12-5-4-10(15)6-11(12)16/h4-6H,1-3H3,(H,19,20). The summed E-state index contributed by atoms with van der Waals surface area (Å²) >= 11 is 11.9. The first-order chi connectivity index (χ1) is 9.38. The lowest BCUT2D eigenvalue weighted by Gasteiger charge is -2.11. The van der Waals surface area contributed by atoms with E-state index in [0.717, 1.165) is 0 Å². The summed E-state index contributed by atoms with van der Waals surface area (Å²) in [5, 5.41) is 3.64. The summed E-state index contributed by atoms with van der Waals surface area (Å²) in [6.45, 7) is 5.35. The van der Waals surface area contributed by atoms with Crippen LogP contribution in [0, 0.1) is 20.8 Å². The summed E-state index contributed by atoms with van der Waals surface area (Å²) in [6, 6.07) is 4.89. The number of rotatable bonds is 2. The van der Waals surface area contributed by atoms with Crippen LogP contribution in [0.15, 0.2) is 18.2 Å². The van der Waals surface area contributed by atoms with E-state index < -0.39 is 0 Å². The molecule has 0 aliphatic rings. The fourth-order valence-corrected chi connectivity index (χ4v) is 2.44. The molecule has 0 saturated heterocycles. The molecule has 1 N–H and O–H groups in total. The first-order valence-electron chi connectivity index (χ1n) is 5.96. The van der Waals surface area contributed by atoms with Crippen LogP contribution < -0.4 is 5.32 Å². The number of amides is 1. The molecule has 0 radical (unpaired) electrons. The van der Waals surface area contributed by atoms with Crippen LogP contribution in [0.3, 0.4) is 0 Å². The zero-order valence-corrected chi connectivity index (χ0v) is 12.8. The Bertz CT molecular complexity index is 663. The minimum absolute atomic E-state index is 0.288. The van der Waals surface area contributed by atoms with Gasteiger partial charge in [-0.1, -0.05) is 23.2 Å². The summed E-state index contributed by atoms with van der Waals surface area (Å²) in [5.41, 5.74) is 2.23. The van der Waals surface area contributed by atoms with Crippen LogP contribution >= 0.6 is 23.2 Å². The lowest BCUT2D eigenvalue weighted by molar-refractivity contribution is 0.102. The molecule has 4 nitrogen and oxygen atoms in total. The van der Waals surface area contributed by atoms with E-state index in [9.17, 15) is 4.79 Å². The van der Waals surface area contributed by atoms with E-state index in [1.54, 1.807) is 39.0 Å². The summed E-state index contributed by atoms with van der Waals surface area (Å²) < 4.78 is 0. The van der Waals surface area contributed by atoms with Gasteiger partial charge in [0, 0.05) is 5.02 Å². The van der Waals surface area contributed by atoms with Crippen LogP contribution in [0.25, 0.3) is 0 Å². The van der Waals surface area contributed by atoms with Crippen molar-refractivity contribution in [3.05, 3.63) is 51.0 Å². The molecule has 6 heteroatoms. The lowest BCUT2D eigenvalue weighted by Crippen LogP contribution is -2.17. The molecule has 0 saturated carbocycles. The van der Waals surface area contributed by atoms with E-state index in [1.807, 2.05) is 0 Å². The SMILES string of the molecule is Cc1nc(C)c(C(=O)Nc2ccc(Cl)cc2Cl)c(C)n1. The van der Waals surface area contributed by atoms with Crippen LogP contribution in [0.5, 0.6) is 0 Å². The molecule has 0 unspecified atom stereocenters. The van der Waals surface area contributed by atoms with Crippen molar-refractivity contribution in [3.63, 3.8) is 0 Å². The van der Waals surface area contributed by atoms with Crippen molar-refractivity contribution in [1.29, 1.82) is 0 Å². The second kappa shape index (κ2) is 5.77. The van der Waals surface area contributed by atoms with Gasteiger partial charge in [-0.2, -0.15) is 0 Å². The molecule has 0 bridgehead atoms. The van der Waals surface area contributed by atoms with Crippen LogP contribution in [0.2, 0.25) is 10.0 Å². The second-order valence-corrected chi connectivity index (χ2v) is 5.24. The summed E-state index contributed by atoms with van der Waals surface area (Å²) in [7, 11) is 0. The normalized spacial score (nSPS) is 10.4. The molecule has 0 fully saturated rings. The van der Waals surface area contributed by atoms with Crippen molar-refractivity contribution >= 4 is 34.8 Å². The van der Waals surface area contributed by atoms with Gasteiger partial charge in [0.15, 0.2) is 0 Å². The number of aryl methyl sites for hydroxylation is 3. The van der Waals surface area contributed by atoms with Gasteiger partial charge in [-0.3, -0.25) is 4.79 Å². The minimum Gasteiger partial charge on any atom is -0.321 e. The quantitative estimate of drug-likeness (QED) is 0.913. The number of carbonyl (C=O) groups is 1. The summed E-state index contributed by atoms with van der Waals surface area (Å²) in [6.07, 6.45) is 0. The fraction of sp³-hybridized carbons (Fsp3) is 0.214. The van der Waals surface area contributed by atoms with Crippen LogP contribution in [-0.4, -0.2) is 15.9 Å². The number of hydrogen-bond donors (Lipinski definition) is 1. The second-order valence-electron chi connectivity index (χ2n) is 4.39. The number of halogens is 2. The third-order valence-electron chi connectivity index (χ3n) is 2.79. The molecule has 1 amide bonds. The number of nitrogens with zero attached hydrogens (tertiary/aromatic N) is 2. The number of aromatic nitrogens is 2. The number of hydrogen-bond acceptors (Lipinski definition) is 3. The average Bonchev–Trinajstić information content (AvgIpc) is 2.31. The highest BCUT2D eigenvalue weighted by atomic mass is 35.5. The Morgan fingerprint density at radius 3 is 2.25 bits per heavy atom. The van der Waals surface area contributed by atoms with Crippen molar-refractivity contribution in [3.8, 4) is 0 Å². The highest BCUT2D eigenvalue weighted by molar-refractivity contribution is 6.36. The lowest BCUT2D eigenvalue weighted by atomic mass is 10.1. The topological polar surface area (TPSA) is 54.9 Å². The number of anilines is 1. The van der Waals surface area contributed by atoms with E-state index in [0.29, 0.717) is 38.5 Å². The Morgan fingerprint density at radius 2 is 1.70 bits per heavy atom. The maximum absolute atomic E-state index is 12.3. The summed E-state index contributed by atoms with van der Waals surface area (Å²) in [5.74, 6) is 0.352. The van der Waals surface area contributed by atoms with Crippen molar-refractivity contribution < 1.29 is 4.79 Å². The van der Waals surface area contributed by atoms with E-state index in [4.69, 9.17) is 23.2 Å². The molecule has 20 heavy (non-hydrogen) atoms. The molecule has 0 spiro atoms. The molecule has 104 valence electrons. The summed E-state index contributed by atoms with van der Waals surface area (Å²) in [4.78, 5) is 20.7. The number of benzene rings is 1. The number of carbonyl (C=O) groups excluding carboxylic acids is 1. The highest BCUT2D eigenvalue weighted by Gasteiger charge is 2.16. The smallest absolute Gasteiger partial charge is 0.259 e. The van der Waals surface area contributed by atoms with Crippen molar-refractivity contribution in [1.82, 2.24) is 9.97 Å². The zero-order chi connectivity index (χ0) is 14.9. The van der Waals surface area contributed by atoms with Crippen LogP contribution in [0.1, 0.15) is 27.6 Å². The third-order valence-corrected chi connectivity index (χ3v) is 3.34. The van der Waals surface area contributed by atoms with Gasteiger partial charge < -0.3 is 5.32 Å². The third kappa shape index (κ3) is 3.08. The molecule has 2 aromatic rings. The Labute approximate surface area is 127 Å². The van der Waals surface area contributed by atoms with Gasteiger partial charge in [0.2, 0.25) is 0 Å². The van der Waals surface area contributed by atoms with Gasteiger partial charge in [0.05, 0.1) is 27.7 Å².